The molecule has 2 amide bonds. The maximum absolute atomic E-state index is 13.3. The van der Waals surface area contributed by atoms with E-state index in [0.29, 0.717) is 6.54 Å². The molecule has 2 atom stereocenters. The Hall–Kier alpha value is -1.70. The third-order valence-electron chi connectivity index (χ3n) is 4.44. The molecule has 24 heavy (non-hydrogen) atoms. The van der Waals surface area contributed by atoms with Crippen molar-refractivity contribution < 1.29 is 27.5 Å². The number of hydrogen-bond acceptors (Lipinski definition) is 3. The van der Waals surface area contributed by atoms with Crippen LogP contribution in [0.2, 0.25) is 0 Å². The topological polar surface area (TPSA) is 65.7 Å². The van der Waals surface area contributed by atoms with Gasteiger partial charge >= 0.3 is 12.2 Å². The first-order chi connectivity index (χ1) is 11.1. The second kappa shape index (κ2) is 7.04. The second-order valence-corrected chi connectivity index (χ2v) is 6.29. The van der Waals surface area contributed by atoms with Gasteiger partial charge in [-0.2, -0.15) is 13.2 Å². The van der Waals surface area contributed by atoms with Gasteiger partial charge < -0.3 is 19.7 Å². The van der Waals surface area contributed by atoms with Crippen LogP contribution in [0.5, 0.6) is 0 Å². The molecule has 0 aliphatic carbocycles. The molecule has 2 rings (SSSR count). The Kier molecular flexibility index (Phi) is 5.47. The normalized spacial score (nSPS) is 21.4. The Morgan fingerprint density at radius 2 is 2.12 bits per heavy atom. The Bertz CT molecular complexity index is 573. The maximum Gasteiger partial charge on any atom is 0.424 e. The fourth-order valence-corrected chi connectivity index (χ4v) is 2.91. The van der Waals surface area contributed by atoms with Gasteiger partial charge in [0.15, 0.2) is 0 Å². The summed E-state index contributed by atoms with van der Waals surface area (Å²) >= 11 is 0. The number of nitrogens with one attached hydrogen (secondary N) is 1. The van der Waals surface area contributed by atoms with E-state index in [1.165, 1.54) is 13.0 Å². The van der Waals surface area contributed by atoms with Crippen LogP contribution in [0.1, 0.15) is 44.1 Å². The minimum atomic E-state index is -4.90. The zero-order chi connectivity index (χ0) is 18.0. The number of piperidine rings is 1. The SMILES string of the molecule is Cc1ccc([C@@](O)(CCNC(=O)N2CCCC[C@@H]2C)C(F)(F)F)o1. The van der Waals surface area contributed by atoms with Gasteiger partial charge in [-0.15, -0.1) is 0 Å². The number of hydrogen-bond donors (Lipinski definition) is 2. The average molecular weight is 348 g/mol. The van der Waals surface area contributed by atoms with E-state index in [9.17, 15) is 23.1 Å². The highest BCUT2D eigenvalue weighted by Crippen LogP contribution is 2.42. The summed E-state index contributed by atoms with van der Waals surface area (Å²) in [4.78, 5) is 13.7. The predicted molar refractivity (Wildman–Crippen MR) is 81.4 cm³/mol. The largest absolute Gasteiger partial charge is 0.463 e. The number of alkyl halides is 3. The number of likely N-dealkylation sites (tertiary alicyclic amines) is 1. The number of amides is 2. The minimum absolute atomic E-state index is 0.0629. The molecule has 1 aliphatic rings. The van der Waals surface area contributed by atoms with Crippen LogP contribution in [0.4, 0.5) is 18.0 Å². The van der Waals surface area contributed by atoms with Gasteiger partial charge in [0.25, 0.3) is 0 Å². The van der Waals surface area contributed by atoms with Crippen molar-refractivity contribution in [2.75, 3.05) is 13.1 Å². The van der Waals surface area contributed by atoms with Crippen LogP contribution in [-0.4, -0.2) is 41.3 Å². The van der Waals surface area contributed by atoms with Gasteiger partial charge in [-0.05, 0) is 45.2 Å². The van der Waals surface area contributed by atoms with Crippen molar-refractivity contribution >= 4 is 6.03 Å². The van der Waals surface area contributed by atoms with Crippen molar-refractivity contribution in [1.29, 1.82) is 0 Å². The molecule has 0 radical (unpaired) electrons. The Morgan fingerprint density at radius 3 is 2.67 bits per heavy atom. The van der Waals surface area contributed by atoms with Crippen LogP contribution < -0.4 is 5.32 Å². The molecule has 1 aromatic rings. The van der Waals surface area contributed by atoms with Crippen molar-refractivity contribution in [3.63, 3.8) is 0 Å². The van der Waals surface area contributed by atoms with Gasteiger partial charge in [0.05, 0.1) is 0 Å². The minimum Gasteiger partial charge on any atom is -0.463 e. The molecule has 1 aromatic heterocycles. The molecule has 1 saturated heterocycles. The quantitative estimate of drug-likeness (QED) is 0.877. The summed E-state index contributed by atoms with van der Waals surface area (Å²) in [5, 5.41) is 12.6. The zero-order valence-corrected chi connectivity index (χ0v) is 13.8. The number of rotatable bonds is 4. The second-order valence-electron chi connectivity index (χ2n) is 6.29. The monoisotopic (exact) mass is 348 g/mol. The molecule has 5 nitrogen and oxygen atoms in total. The Labute approximate surface area is 138 Å². The summed E-state index contributed by atoms with van der Waals surface area (Å²) in [6.07, 6.45) is -2.81. The van der Waals surface area contributed by atoms with E-state index in [-0.39, 0.29) is 18.3 Å². The molecule has 0 unspecified atom stereocenters. The first-order valence-corrected chi connectivity index (χ1v) is 8.05. The smallest absolute Gasteiger partial charge is 0.424 e. The van der Waals surface area contributed by atoms with E-state index < -0.39 is 30.0 Å². The summed E-state index contributed by atoms with van der Waals surface area (Å²) in [6.45, 7) is 3.70. The third-order valence-corrected chi connectivity index (χ3v) is 4.44. The predicted octanol–water partition coefficient (Wildman–Crippen LogP) is 3.31. The number of carbonyl (C=O) groups excluding carboxylic acids is 1. The molecule has 0 bridgehead atoms. The lowest BCUT2D eigenvalue weighted by Gasteiger charge is -2.34. The summed E-state index contributed by atoms with van der Waals surface area (Å²) in [5.41, 5.74) is -3.12. The standard InChI is InChI=1S/C16H23F3N2O3/c1-11-5-3-4-10-21(11)14(22)20-9-8-15(23,16(17,18)19)13-7-6-12(2)24-13/h6-7,11,23H,3-5,8-10H2,1-2H3,(H,20,22)/t11-,15-/m0/s1. The summed E-state index contributed by atoms with van der Waals surface area (Å²) in [5.74, 6) is -0.285. The van der Waals surface area contributed by atoms with E-state index in [0.717, 1.165) is 25.3 Å². The van der Waals surface area contributed by atoms with E-state index >= 15 is 0 Å². The van der Waals surface area contributed by atoms with Gasteiger partial charge in [0, 0.05) is 25.6 Å². The molecular weight excluding hydrogens is 325 g/mol. The first kappa shape index (κ1) is 18.6. The lowest BCUT2D eigenvalue weighted by Crippen LogP contribution is -2.49. The number of aryl methyl sites for hydroxylation is 1. The van der Waals surface area contributed by atoms with Crippen LogP contribution in [0.3, 0.4) is 0 Å². The Morgan fingerprint density at radius 1 is 1.42 bits per heavy atom. The molecule has 0 spiro atoms. The molecule has 0 saturated carbocycles. The number of nitrogens with zero attached hydrogens (tertiary/aromatic N) is 1. The van der Waals surface area contributed by atoms with E-state index in [2.05, 4.69) is 5.32 Å². The summed E-state index contributed by atoms with van der Waals surface area (Å²) in [7, 11) is 0. The Balaban J connectivity index is 2.00. The highest BCUT2D eigenvalue weighted by molar-refractivity contribution is 5.74. The van der Waals surface area contributed by atoms with Crippen molar-refractivity contribution in [3.8, 4) is 0 Å². The third kappa shape index (κ3) is 3.85. The molecule has 2 N–H and O–H groups in total. The van der Waals surface area contributed by atoms with Gasteiger partial charge in [0.1, 0.15) is 11.5 Å². The molecule has 1 aliphatic heterocycles. The fraction of sp³-hybridized carbons (Fsp3) is 0.688. The molecule has 0 aromatic carbocycles. The van der Waals surface area contributed by atoms with Crippen molar-refractivity contribution in [2.24, 2.45) is 0 Å². The van der Waals surface area contributed by atoms with Crippen LogP contribution in [0, 0.1) is 6.92 Å². The van der Waals surface area contributed by atoms with Crippen LogP contribution in [0.15, 0.2) is 16.5 Å². The number of furan rings is 1. The van der Waals surface area contributed by atoms with E-state index in [1.54, 1.807) is 4.90 Å². The van der Waals surface area contributed by atoms with E-state index in [4.69, 9.17) is 4.42 Å². The van der Waals surface area contributed by atoms with Crippen molar-refractivity contribution in [2.45, 2.75) is 57.3 Å². The summed E-state index contributed by atoms with van der Waals surface area (Å²) < 4.78 is 44.9. The highest BCUT2D eigenvalue weighted by atomic mass is 19.4. The van der Waals surface area contributed by atoms with Crippen molar-refractivity contribution in [1.82, 2.24) is 10.2 Å². The number of halogens is 3. The highest BCUT2D eigenvalue weighted by Gasteiger charge is 2.56. The van der Waals surface area contributed by atoms with Crippen LogP contribution in [-0.2, 0) is 5.60 Å². The van der Waals surface area contributed by atoms with Gasteiger partial charge in [0.2, 0.25) is 5.60 Å². The lowest BCUT2D eigenvalue weighted by molar-refractivity contribution is -0.274. The van der Waals surface area contributed by atoms with E-state index in [1.807, 2.05) is 6.92 Å². The molecule has 8 heteroatoms. The van der Waals surface area contributed by atoms with Gasteiger partial charge in [-0.3, -0.25) is 0 Å². The average Bonchev–Trinajstić information content (AvgIpc) is 2.93. The number of aliphatic hydroxyl groups is 1. The zero-order valence-electron chi connectivity index (χ0n) is 13.8. The maximum atomic E-state index is 13.3. The van der Waals surface area contributed by atoms with Crippen molar-refractivity contribution in [3.05, 3.63) is 23.7 Å². The number of carbonyl (C=O) groups is 1. The first-order valence-electron chi connectivity index (χ1n) is 8.05. The van der Waals surface area contributed by atoms with Crippen LogP contribution >= 0.6 is 0 Å². The van der Waals surface area contributed by atoms with Gasteiger partial charge in [-0.25, -0.2) is 4.79 Å². The summed E-state index contributed by atoms with van der Waals surface area (Å²) in [6, 6.07) is 2.13. The lowest BCUT2D eigenvalue weighted by atomic mass is 9.95. The molecule has 2 heterocycles. The van der Waals surface area contributed by atoms with Crippen LogP contribution in [0.25, 0.3) is 0 Å². The molecule has 1 fully saturated rings. The molecular formula is C16H23F3N2O3. The fourth-order valence-electron chi connectivity index (χ4n) is 2.91. The van der Waals surface area contributed by atoms with Gasteiger partial charge in [-0.1, -0.05) is 0 Å². The molecule has 136 valence electrons. The number of urea groups is 1.